The molecule has 0 fully saturated rings. The number of amides is 2. The third-order valence-electron chi connectivity index (χ3n) is 0.110. The summed E-state index contributed by atoms with van der Waals surface area (Å²) >= 11 is 0. The van der Waals surface area contributed by atoms with Crippen LogP contribution in [0.1, 0.15) is 7.43 Å². The average Bonchev–Trinajstić information content (AvgIpc) is 1.38. The standard InChI is InChI=1S/CH4N2O2.CH4/c2-1(4)3-5;/h5H,(H3,2,3,4);1H4. The zero-order chi connectivity index (χ0) is 4.28. The van der Waals surface area contributed by atoms with Crippen molar-refractivity contribution >= 4 is 6.03 Å². The molecule has 0 aliphatic carbocycles. The number of nitrogens with one attached hydrogen (secondary N) is 1. The molecule has 0 aliphatic rings. The summed E-state index contributed by atoms with van der Waals surface area (Å²) < 4.78 is 0. The molecule has 0 bridgehead atoms. The van der Waals surface area contributed by atoms with Gasteiger partial charge in [0.25, 0.3) is 0 Å². The molecule has 4 N–H and O–H groups in total. The summed E-state index contributed by atoms with van der Waals surface area (Å²) in [7, 11) is 0. The Labute approximate surface area is 35.9 Å². The maximum atomic E-state index is 9.23. The quantitative estimate of drug-likeness (QED) is 0.283. The van der Waals surface area contributed by atoms with E-state index in [0.717, 1.165) is 0 Å². The first-order chi connectivity index (χ1) is 2.27. The van der Waals surface area contributed by atoms with Gasteiger partial charge in [-0.1, -0.05) is 7.43 Å². The Morgan fingerprint density at radius 2 is 2.00 bits per heavy atom. The molecule has 0 spiro atoms. The molecule has 0 aliphatic heterocycles. The molecular formula is C2H8N2O2. The van der Waals surface area contributed by atoms with Crippen molar-refractivity contribution in [3.63, 3.8) is 0 Å². The van der Waals surface area contributed by atoms with Crippen LogP contribution in [0.3, 0.4) is 0 Å². The zero-order valence-electron chi connectivity index (χ0n) is 2.43. The number of hydroxylamine groups is 1. The van der Waals surface area contributed by atoms with Crippen LogP contribution in [0.25, 0.3) is 0 Å². The average molecular weight is 92.1 g/mol. The van der Waals surface area contributed by atoms with Crippen molar-refractivity contribution in [2.75, 3.05) is 0 Å². The molecule has 4 heteroatoms. The molecule has 0 atom stereocenters. The van der Waals surface area contributed by atoms with Gasteiger partial charge in [0.05, 0.1) is 0 Å². The van der Waals surface area contributed by atoms with Gasteiger partial charge >= 0.3 is 6.03 Å². The summed E-state index contributed by atoms with van der Waals surface area (Å²) in [5.74, 6) is 0. The van der Waals surface area contributed by atoms with Gasteiger partial charge in [0, 0.05) is 0 Å². The van der Waals surface area contributed by atoms with Crippen molar-refractivity contribution in [1.29, 1.82) is 0 Å². The lowest BCUT2D eigenvalue weighted by Crippen LogP contribution is -2.25. The number of hydrogen-bond donors (Lipinski definition) is 3. The van der Waals surface area contributed by atoms with Crippen molar-refractivity contribution < 1.29 is 10.0 Å². The fourth-order valence-electron chi connectivity index (χ4n) is 0. The molecule has 0 unspecified atom stereocenters. The Hall–Kier alpha value is -0.770. The molecule has 0 heterocycles. The van der Waals surface area contributed by atoms with Gasteiger partial charge in [-0.2, -0.15) is 0 Å². The largest absolute Gasteiger partial charge is 0.350 e. The maximum Gasteiger partial charge on any atom is 0.335 e. The SMILES string of the molecule is C.NC(=O)NO. The van der Waals surface area contributed by atoms with E-state index in [4.69, 9.17) is 5.21 Å². The third-order valence-corrected chi connectivity index (χ3v) is 0.110. The van der Waals surface area contributed by atoms with Gasteiger partial charge in [-0.3, -0.25) is 5.21 Å². The van der Waals surface area contributed by atoms with Gasteiger partial charge < -0.3 is 5.73 Å². The Kier molecular flexibility index (Phi) is 6.32. The fraction of sp³-hybridized carbons (Fsp3) is 0.500. The van der Waals surface area contributed by atoms with Crippen LogP contribution >= 0.6 is 0 Å². The van der Waals surface area contributed by atoms with Crippen LogP contribution in [0.15, 0.2) is 0 Å². The molecule has 0 saturated heterocycles. The van der Waals surface area contributed by atoms with E-state index < -0.39 is 6.03 Å². The van der Waals surface area contributed by atoms with Gasteiger partial charge in [-0.05, 0) is 0 Å². The molecule has 0 radical (unpaired) electrons. The molecule has 38 valence electrons. The topological polar surface area (TPSA) is 75.4 Å². The van der Waals surface area contributed by atoms with Crippen molar-refractivity contribution in [2.24, 2.45) is 5.73 Å². The van der Waals surface area contributed by atoms with E-state index in [9.17, 15) is 4.79 Å². The van der Waals surface area contributed by atoms with Crippen LogP contribution in [0, 0.1) is 0 Å². The number of nitrogens with two attached hydrogens (primary N) is 1. The lowest BCUT2D eigenvalue weighted by Gasteiger charge is -1.79. The summed E-state index contributed by atoms with van der Waals surface area (Å²) in [5.41, 5.74) is 5.46. The van der Waals surface area contributed by atoms with E-state index in [1.54, 1.807) is 0 Å². The van der Waals surface area contributed by atoms with E-state index in [2.05, 4.69) is 5.73 Å². The molecule has 4 nitrogen and oxygen atoms in total. The molecular weight excluding hydrogens is 84.0 g/mol. The predicted molar refractivity (Wildman–Crippen MR) is 21.2 cm³/mol. The molecule has 0 rings (SSSR count). The first-order valence-electron chi connectivity index (χ1n) is 0.966. The van der Waals surface area contributed by atoms with Crippen molar-refractivity contribution in [3.8, 4) is 0 Å². The number of carbonyl (C=O) groups excluding carboxylic acids is 1. The van der Waals surface area contributed by atoms with E-state index >= 15 is 0 Å². The van der Waals surface area contributed by atoms with Gasteiger partial charge in [0.2, 0.25) is 0 Å². The smallest absolute Gasteiger partial charge is 0.335 e. The van der Waals surface area contributed by atoms with Crippen LogP contribution in [0.2, 0.25) is 0 Å². The normalized spacial score (nSPS) is 5.50. The Morgan fingerprint density at radius 3 is 2.00 bits per heavy atom. The Bertz CT molecular complexity index is 44.8. The number of carbonyl (C=O) groups is 1. The monoisotopic (exact) mass is 92.1 g/mol. The highest BCUT2D eigenvalue weighted by molar-refractivity contribution is 5.69. The first-order valence-corrected chi connectivity index (χ1v) is 0.966. The lowest BCUT2D eigenvalue weighted by atomic mass is 11.2. The van der Waals surface area contributed by atoms with Crippen LogP contribution < -0.4 is 11.2 Å². The van der Waals surface area contributed by atoms with Crippen molar-refractivity contribution in [1.82, 2.24) is 5.48 Å². The van der Waals surface area contributed by atoms with E-state index in [1.165, 1.54) is 5.48 Å². The molecule has 6 heavy (non-hydrogen) atoms. The second-order valence-corrected chi connectivity index (χ2v) is 0.476. The van der Waals surface area contributed by atoms with Crippen LogP contribution in [0.4, 0.5) is 4.79 Å². The predicted octanol–water partition coefficient (Wildman–Crippen LogP) is -0.320. The van der Waals surface area contributed by atoms with Gasteiger partial charge in [-0.25, -0.2) is 10.3 Å². The molecule has 2 amide bonds. The van der Waals surface area contributed by atoms with Crippen molar-refractivity contribution in [2.45, 2.75) is 7.43 Å². The highest BCUT2D eigenvalue weighted by Crippen LogP contribution is 1.38. The zero-order valence-corrected chi connectivity index (χ0v) is 2.43. The second-order valence-electron chi connectivity index (χ2n) is 0.476. The Morgan fingerprint density at radius 1 is 1.83 bits per heavy atom. The van der Waals surface area contributed by atoms with Crippen LogP contribution in [-0.4, -0.2) is 11.2 Å². The summed E-state index contributed by atoms with van der Waals surface area (Å²) in [5, 5.41) is 7.42. The molecule has 0 aromatic rings. The first kappa shape index (κ1) is 8.97. The summed E-state index contributed by atoms with van der Waals surface area (Å²) in [6, 6.07) is -0.940. The minimum Gasteiger partial charge on any atom is -0.350 e. The summed E-state index contributed by atoms with van der Waals surface area (Å²) in [6.07, 6.45) is 0. The lowest BCUT2D eigenvalue weighted by molar-refractivity contribution is 0.169. The molecule has 0 saturated carbocycles. The highest BCUT2D eigenvalue weighted by atomic mass is 16.5. The summed E-state index contributed by atoms with van der Waals surface area (Å²) in [6.45, 7) is 0. The third kappa shape index (κ3) is 10.6. The minimum atomic E-state index is -0.940. The number of rotatable bonds is 0. The number of hydrogen-bond acceptors (Lipinski definition) is 2. The highest BCUT2D eigenvalue weighted by Gasteiger charge is 1.75. The minimum absolute atomic E-state index is 0. The molecule has 0 aromatic heterocycles. The van der Waals surface area contributed by atoms with Gasteiger partial charge in [0.15, 0.2) is 0 Å². The van der Waals surface area contributed by atoms with Gasteiger partial charge in [-0.15, -0.1) is 0 Å². The summed E-state index contributed by atoms with van der Waals surface area (Å²) in [4.78, 5) is 9.23. The van der Waals surface area contributed by atoms with E-state index in [0.29, 0.717) is 0 Å². The number of urea groups is 1. The van der Waals surface area contributed by atoms with E-state index in [-0.39, 0.29) is 7.43 Å². The van der Waals surface area contributed by atoms with Crippen LogP contribution in [-0.2, 0) is 0 Å². The fourth-order valence-corrected chi connectivity index (χ4v) is 0. The number of primary amides is 1. The second kappa shape index (κ2) is 4.23. The van der Waals surface area contributed by atoms with Gasteiger partial charge in [0.1, 0.15) is 0 Å². The van der Waals surface area contributed by atoms with E-state index in [1.807, 2.05) is 0 Å². The van der Waals surface area contributed by atoms with Crippen molar-refractivity contribution in [3.05, 3.63) is 0 Å². The van der Waals surface area contributed by atoms with Crippen LogP contribution in [0.5, 0.6) is 0 Å². The maximum absolute atomic E-state index is 9.23. The Balaban J connectivity index is 0. The molecule has 0 aromatic carbocycles.